The Kier molecular flexibility index (Phi) is 7.87. The number of alkyl halides is 3. The maximum atomic E-state index is 13.0. The number of rotatable bonds is 7. The van der Waals surface area contributed by atoms with Crippen LogP contribution >= 0.6 is 0 Å². The van der Waals surface area contributed by atoms with Gasteiger partial charge < -0.3 is 9.47 Å². The summed E-state index contributed by atoms with van der Waals surface area (Å²) >= 11 is 0. The highest BCUT2D eigenvalue weighted by Crippen LogP contribution is 2.31. The molecule has 2 atom stereocenters. The Hall–Kier alpha value is -2.40. The lowest BCUT2D eigenvalue weighted by atomic mass is 9.91. The zero-order chi connectivity index (χ0) is 23.4. The summed E-state index contributed by atoms with van der Waals surface area (Å²) in [5.41, 5.74) is -0.401. The number of hydrogen-bond donors (Lipinski definition) is 0. The standard InChI is InChI=1S/C20H24F3NO6S/c1-13(25)30-18-7-5-4-6-14(18)12-17(19(26)29-3)24(2)31(27,28)16-10-8-15(9-11-16)20(21,22)23/h6,8-11,17-18H,4-5,7,12H2,1-3H3/t17-,18?/m1/s1. The van der Waals surface area contributed by atoms with Gasteiger partial charge in [-0.05, 0) is 55.5 Å². The van der Waals surface area contributed by atoms with Crippen LogP contribution in [0.25, 0.3) is 0 Å². The lowest BCUT2D eigenvalue weighted by molar-refractivity contribution is -0.145. The quantitative estimate of drug-likeness (QED) is 0.455. The van der Waals surface area contributed by atoms with Crippen molar-refractivity contribution in [3.8, 4) is 0 Å². The lowest BCUT2D eigenvalue weighted by Crippen LogP contribution is -2.44. The summed E-state index contributed by atoms with van der Waals surface area (Å²) in [7, 11) is -2.06. The molecule has 0 spiro atoms. The number of likely N-dealkylation sites (N-methyl/N-ethyl adjacent to an activating group) is 1. The molecule has 0 saturated carbocycles. The summed E-state index contributed by atoms with van der Waals surface area (Å²) in [6, 6.07) is 1.71. The molecule has 2 rings (SSSR count). The van der Waals surface area contributed by atoms with Gasteiger partial charge in [0.1, 0.15) is 12.1 Å². The number of hydrogen-bond acceptors (Lipinski definition) is 6. The van der Waals surface area contributed by atoms with Crippen LogP contribution in [0.2, 0.25) is 0 Å². The molecule has 0 aromatic heterocycles. The maximum absolute atomic E-state index is 13.0. The van der Waals surface area contributed by atoms with Gasteiger partial charge in [0, 0.05) is 14.0 Å². The number of benzene rings is 1. The Labute approximate surface area is 178 Å². The van der Waals surface area contributed by atoms with Crippen molar-refractivity contribution in [2.24, 2.45) is 0 Å². The lowest BCUT2D eigenvalue weighted by Gasteiger charge is -2.30. The number of esters is 2. The van der Waals surface area contributed by atoms with Crippen molar-refractivity contribution in [1.29, 1.82) is 0 Å². The molecule has 0 bridgehead atoms. The van der Waals surface area contributed by atoms with Gasteiger partial charge in [0.05, 0.1) is 17.6 Å². The van der Waals surface area contributed by atoms with Gasteiger partial charge in [-0.2, -0.15) is 17.5 Å². The second kappa shape index (κ2) is 9.82. The van der Waals surface area contributed by atoms with E-state index in [0.29, 0.717) is 30.5 Å². The van der Waals surface area contributed by atoms with Crippen molar-refractivity contribution < 1.29 is 40.7 Å². The SMILES string of the molecule is COC(=O)[C@@H](CC1=CCCCC1OC(C)=O)N(C)S(=O)(=O)c1ccc(C(F)(F)F)cc1. The highest BCUT2D eigenvalue weighted by molar-refractivity contribution is 7.89. The first-order valence-electron chi connectivity index (χ1n) is 9.47. The molecule has 31 heavy (non-hydrogen) atoms. The van der Waals surface area contributed by atoms with Crippen LogP contribution in [0, 0.1) is 0 Å². The number of allylic oxidation sites excluding steroid dienone is 1. The van der Waals surface area contributed by atoms with E-state index >= 15 is 0 Å². The molecule has 0 amide bonds. The number of nitrogens with zero attached hydrogens (tertiary/aromatic N) is 1. The first-order valence-corrected chi connectivity index (χ1v) is 10.9. The van der Waals surface area contributed by atoms with Crippen molar-refractivity contribution in [2.45, 2.75) is 55.8 Å². The molecule has 1 aromatic carbocycles. The van der Waals surface area contributed by atoms with Crippen molar-refractivity contribution in [3.05, 3.63) is 41.5 Å². The second-order valence-corrected chi connectivity index (χ2v) is 9.09. The van der Waals surface area contributed by atoms with Gasteiger partial charge in [-0.15, -0.1) is 0 Å². The molecule has 0 N–H and O–H groups in total. The van der Waals surface area contributed by atoms with Gasteiger partial charge in [0.2, 0.25) is 10.0 Å². The summed E-state index contributed by atoms with van der Waals surface area (Å²) < 4.78 is 75.1. The average Bonchev–Trinajstić information content (AvgIpc) is 2.71. The number of methoxy groups -OCH3 is 1. The number of carbonyl (C=O) groups is 2. The van der Waals surface area contributed by atoms with E-state index in [1.54, 1.807) is 6.08 Å². The average molecular weight is 463 g/mol. The number of carbonyl (C=O) groups excluding carboxylic acids is 2. The first kappa shape index (κ1) is 24.9. The minimum Gasteiger partial charge on any atom is -0.468 e. The Morgan fingerprint density at radius 3 is 2.35 bits per heavy atom. The Balaban J connectivity index is 2.33. The molecule has 1 aliphatic rings. The van der Waals surface area contributed by atoms with Gasteiger partial charge >= 0.3 is 18.1 Å². The summed E-state index contributed by atoms with van der Waals surface area (Å²) in [5.74, 6) is -1.34. The molecule has 0 fully saturated rings. The van der Waals surface area contributed by atoms with Crippen molar-refractivity contribution >= 4 is 22.0 Å². The topological polar surface area (TPSA) is 90.0 Å². The van der Waals surface area contributed by atoms with Crippen LogP contribution in [0.1, 0.15) is 38.2 Å². The Morgan fingerprint density at radius 1 is 1.23 bits per heavy atom. The largest absolute Gasteiger partial charge is 0.468 e. The number of sulfonamides is 1. The van der Waals surface area contributed by atoms with Crippen LogP contribution in [0.15, 0.2) is 40.8 Å². The summed E-state index contributed by atoms with van der Waals surface area (Å²) in [4.78, 5) is 23.4. The molecule has 0 heterocycles. The molecular formula is C20H24F3NO6S. The van der Waals surface area contributed by atoms with E-state index in [9.17, 15) is 31.2 Å². The minimum atomic E-state index is -4.61. The minimum absolute atomic E-state index is 0.0824. The third kappa shape index (κ3) is 6.07. The smallest absolute Gasteiger partial charge is 0.416 e. The van der Waals surface area contributed by atoms with Crippen molar-refractivity contribution in [1.82, 2.24) is 4.31 Å². The van der Waals surface area contributed by atoms with E-state index < -0.39 is 50.7 Å². The van der Waals surface area contributed by atoms with E-state index in [1.165, 1.54) is 6.92 Å². The normalized spacial score (nSPS) is 18.3. The molecule has 7 nitrogen and oxygen atoms in total. The van der Waals surface area contributed by atoms with Gasteiger partial charge in [0.15, 0.2) is 0 Å². The van der Waals surface area contributed by atoms with Crippen LogP contribution in [0.3, 0.4) is 0 Å². The van der Waals surface area contributed by atoms with E-state index in [4.69, 9.17) is 9.47 Å². The van der Waals surface area contributed by atoms with E-state index in [1.807, 2.05) is 0 Å². The van der Waals surface area contributed by atoms with Crippen molar-refractivity contribution in [3.63, 3.8) is 0 Å². The first-order chi connectivity index (χ1) is 14.4. The molecule has 172 valence electrons. The van der Waals surface area contributed by atoms with E-state index in [-0.39, 0.29) is 6.42 Å². The summed E-state index contributed by atoms with van der Waals surface area (Å²) in [6.45, 7) is 1.26. The Bertz CT molecular complexity index is 941. The fourth-order valence-electron chi connectivity index (χ4n) is 3.33. The van der Waals surface area contributed by atoms with Crippen LogP contribution < -0.4 is 0 Å². The number of halogens is 3. The monoisotopic (exact) mass is 463 g/mol. The molecule has 0 radical (unpaired) electrons. The Morgan fingerprint density at radius 2 is 1.84 bits per heavy atom. The highest BCUT2D eigenvalue weighted by atomic mass is 32.2. The van der Waals surface area contributed by atoms with Gasteiger partial charge in [-0.25, -0.2) is 8.42 Å². The number of ether oxygens (including phenoxy) is 2. The zero-order valence-electron chi connectivity index (χ0n) is 17.3. The van der Waals surface area contributed by atoms with Gasteiger partial charge in [0.25, 0.3) is 0 Å². The highest BCUT2D eigenvalue weighted by Gasteiger charge is 2.37. The van der Waals surface area contributed by atoms with Crippen LogP contribution in [-0.2, 0) is 35.3 Å². The molecule has 1 unspecified atom stereocenters. The van der Waals surface area contributed by atoms with Gasteiger partial charge in [-0.1, -0.05) is 6.08 Å². The molecule has 1 aromatic rings. The summed E-state index contributed by atoms with van der Waals surface area (Å²) in [5, 5.41) is 0. The van der Waals surface area contributed by atoms with Crippen molar-refractivity contribution in [2.75, 3.05) is 14.2 Å². The third-order valence-corrected chi connectivity index (χ3v) is 6.88. The third-order valence-electron chi connectivity index (χ3n) is 5.00. The second-order valence-electron chi connectivity index (χ2n) is 7.09. The van der Waals surface area contributed by atoms with Crippen LogP contribution in [0.5, 0.6) is 0 Å². The molecule has 0 saturated heterocycles. The predicted octanol–water partition coefficient (Wildman–Crippen LogP) is 3.30. The maximum Gasteiger partial charge on any atom is 0.416 e. The van der Waals surface area contributed by atoms with Gasteiger partial charge in [-0.3, -0.25) is 9.59 Å². The summed E-state index contributed by atoms with van der Waals surface area (Å²) in [6.07, 6.45) is -1.50. The fourth-order valence-corrected chi connectivity index (χ4v) is 4.63. The molecular weight excluding hydrogens is 439 g/mol. The van der Waals surface area contributed by atoms with E-state index in [0.717, 1.165) is 37.0 Å². The molecule has 0 aliphatic heterocycles. The predicted molar refractivity (Wildman–Crippen MR) is 104 cm³/mol. The zero-order valence-corrected chi connectivity index (χ0v) is 18.1. The molecule has 11 heteroatoms. The molecule has 1 aliphatic carbocycles. The van der Waals surface area contributed by atoms with Crippen LogP contribution in [0.4, 0.5) is 13.2 Å². The van der Waals surface area contributed by atoms with Crippen LogP contribution in [-0.4, -0.2) is 51.0 Å². The fraction of sp³-hybridized carbons (Fsp3) is 0.500. The van der Waals surface area contributed by atoms with E-state index in [2.05, 4.69) is 0 Å².